The molecule has 0 spiro atoms. The van der Waals surface area contributed by atoms with Crippen LogP contribution in [0.15, 0.2) is 44.6 Å². The number of furan rings is 1. The Kier molecular flexibility index (Phi) is 5.76. The number of aryl methyl sites for hydroxylation is 1. The van der Waals surface area contributed by atoms with E-state index in [4.69, 9.17) is 9.40 Å². The number of hydrogen-bond donors (Lipinski definition) is 0. The minimum absolute atomic E-state index is 0.0726. The van der Waals surface area contributed by atoms with Crippen LogP contribution in [0.3, 0.4) is 0 Å². The van der Waals surface area contributed by atoms with Gasteiger partial charge in [0.15, 0.2) is 0 Å². The van der Waals surface area contributed by atoms with Gasteiger partial charge in [0.05, 0.1) is 16.3 Å². The molecule has 9 heteroatoms. The second kappa shape index (κ2) is 8.19. The van der Waals surface area contributed by atoms with Gasteiger partial charge in [0.2, 0.25) is 5.76 Å². The van der Waals surface area contributed by atoms with E-state index in [1.807, 2.05) is 29.6 Å². The minimum Gasteiger partial charge on any atom is -0.456 e. The number of benzene rings is 1. The van der Waals surface area contributed by atoms with Gasteiger partial charge in [0.25, 0.3) is 5.91 Å². The van der Waals surface area contributed by atoms with E-state index in [1.54, 1.807) is 11.3 Å². The van der Waals surface area contributed by atoms with Crippen molar-refractivity contribution in [2.24, 2.45) is 0 Å². The van der Waals surface area contributed by atoms with Gasteiger partial charge in [-0.25, -0.2) is 4.98 Å². The zero-order valence-corrected chi connectivity index (χ0v) is 18.4. The summed E-state index contributed by atoms with van der Waals surface area (Å²) < 4.78 is 45.2. The molecule has 1 aliphatic rings. The minimum atomic E-state index is -4.69. The fraction of sp³-hybridized carbons (Fsp3) is 0.333. The van der Waals surface area contributed by atoms with Gasteiger partial charge in [-0.1, -0.05) is 28.1 Å². The van der Waals surface area contributed by atoms with Gasteiger partial charge in [-0.3, -0.25) is 4.79 Å². The van der Waals surface area contributed by atoms with Crippen LogP contribution in [0.5, 0.6) is 0 Å². The molecule has 1 aliphatic heterocycles. The van der Waals surface area contributed by atoms with Gasteiger partial charge in [0, 0.05) is 34.4 Å². The number of rotatable bonds is 3. The Morgan fingerprint density at radius 1 is 1.27 bits per heavy atom. The second-order valence-corrected chi connectivity index (χ2v) is 9.05. The molecular weight excluding hydrogens is 481 g/mol. The number of amides is 1. The predicted molar refractivity (Wildman–Crippen MR) is 112 cm³/mol. The highest BCUT2D eigenvalue weighted by Gasteiger charge is 2.41. The average Bonchev–Trinajstić information content (AvgIpc) is 3.34. The Balaban J connectivity index is 1.44. The van der Waals surface area contributed by atoms with Crippen LogP contribution in [0, 0.1) is 6.92 Å². The third kappa shape index (κ3) is 4.32. The molecular formula is C21H18BrF3N2O2S. The number of hydrogen-bond acceptors (Lipinski definition) is 4. The summed E-state index contributed by atoms with van der Waals surface area (Å²) in [5.41, 5.74) is 1.51. The fourth-order valence-corrected chi connectivity index (χ4v) is 5.04. The first-order chi connectivity index (χ1) is 14.2. The zero-order valence-electron chi connectivity index (χ0n) is 16.0. The largest absolute Gasteiger partial charge is 0.456 e. The summed E-state index contributed by atoms with van der Waals surface area (Å²) in [4.78, 5) is 18.9. The maximum atomic E-state index is 13.2. The first-order valence-corrected chi connectivity index (χ1v) is 11.1. The lowest BCUT2D eigenvalue weighted by Crippen LogP contribution is -2.38. The Bertz CT molecular complexity index is 1070. The Morgan fingerprint density at radius 3 is 2.67 bits per heavy atom. The molecule has 0 N–H and O–H groups in total. The van der Waals surface area contributed by atoms with Gasteiger partial charge < -0.3 is 9.32 Å². The van der Waals surface area contributed by atoms with Crippen molar-refractivity contribution in [3.05, 3.63) is 62.3 Å². The van der Waals surface area contributed by atoms with Crippen LogP contribution in [0.1, 0.15) is 45.6 Å². The van der Waals surface area contributed by atoms with E-state index >= 15 is 0 Å². The Hall–Kier alpha value is -2.13. The molecule has 3 heterocycles. The number of carbonyl (C=O) groups excluding carboxylic acids is 1. The van der Waals surface area contributed by atoms with E-state index in [0.29, 0.717) is 25.9 Å². The van der Waals surface area contributed by atoms with Crippen molar-refractivity contribution in [3.8, 4) is 11.3 Å². The second-order valence-electron chi connectivity index (χ2n) is 7.25. The predicted octanol–water partition coefficient (Wildman–Crippen LogP) is 6.51. The first kappa shape index (κ1) is 21.1. The van der Waals surface area contributed by atoms with Crippen LogP contribution >= 0.6 is 27.3 Å². The van der Waals surface area contributed by atoms with Gasteiger partial charge in [-0.15, -0.1) is 11.3 Å². The molecule has 30 heavy (non-hydrogen) atoms. The summed E-state index contributed by atoms with van der Waals surface area (Å²) in [6, 6.07) is 9.08. The van der Waals surface area contributed by atoms with Crippen molar-refractivity contribution < 1.29 is 22.4 Å². The van der Waals surface area contributed by atoms with Gasteiger partial charge in [-0.05, 0) is 38.0 Å². The van der Waals surface area contributed by atoms with E-state index in [9.17, 15) is 18.0 Å². The Labute approximate surface area is 183 Å². The number of thiazole rings is 1. The van der Waals surface area contributed by atoms with Crippen molar-refractivity contribution in [2.75, 3.05) is 13.1 Å². The molecule has 0 aliphatic carbocycles. The van der Waals surface area contributed by atoms with E-state index in [2.05, 4.69) is 15.9 Å². The van der Waals surface area contributed by atoms with Crippen LogP contribution in [-0.2, 0) is 6.18 Å². The van der Waals surface area contributed by atoms with Crippen molar-refractivity contribution in [2.45, 2.75) is 31.9 Å². The summed E-state index contributed by atoms with van der Waals surface area (Å²) in [7, 11) is 0. The highest BCUT2D eigenvalue weighted by molar-refractivity contribution is 9.10. The number of piperidine rings is 1. The Morgan fingerprint density at radius 2 is 2.00 bits per heavy atom. The molecule has 0 bridgehead atoms. The smallest absolute Gasteiger partial charge is 0.450 e. The summed E-state index contributed by atoms with van der Waals surface area (Å²) in [6.07, 6.45) is -3.37. The lowest BCUT2D eigenvalue weighted by atomic mass is 9.97. The van der Waals surface area contributed by atoms with Crippen molar-refractivity contribution in [1.29, 1.82) is 0 Å². The first-order valence-electron chi connectivity index (χ1n) is 9.40. The molecule has 1 fully saturated rings. The number of nitrogens with zero attached hydrogens (tertiary/aromatic N) is 2. The molecule has 0 unspecified atom stereocenters. The maximum Gasteiger partial charge on any atom is 0.450 e. The van der Waals surface area contributed by atoms with Crippen LogP contribution in [0.25, 0.3) is 11.3 Å². The molecule has 158 valence electrons. The molecule has 1 amide bonds. The van der Waals surface area contributed by atoms with Crippen LogP contribution in [0.2, 0.25) is 0 Å². The maximum absolute atomic E-state index is 13.2. The van der Waals surface area contributed by atoms with Crippen LogP contribution < -0.4 is 0 Å². The van der Waals surface area contributed by atoms with E-state index in [-0.39, 0.29) is 11.7 Å². The molecule has 1 aromatic carbocycles. The number of likely N-dealkylation sites (tertiary alicyclic amines) is 1. The van der Waals surface area contributed by atoms with Crippen molar-refractivity contribution >= 4 is 33.2 Å². The molecule has 0 saturated carbocycles. The quantitative estimate of drug-likeness (QED) is 0.413. The number of alkyl halides is 3. The molecule has 4 rings (SSSR count). The molecule has 0 atom stereocenters. The lowest BCUT2D eigenvalue weighted by Gasteiger charge is -2.31. The standard InChI is InChI=1S/C21H18BrF3N2O2S/c1-12-9-16(18(29-12)21(23,24)25)20(28)27-7-5-13(6-8-27)19-26-17(11-30-19)14-3-2-4-15(22)10-14/h2-4,9-11,13H,5-8H2,1H3. The zero-order chi connectivity index (χ0) is 21.5. The summed E-state index contributed by atoms with van der Waals surface area (Å²) in [6.45, 7) is 2.18. The summed E-state index contributed by atoms with van der Waals surface area (Å²) in [5.74, 6) is -1.59. The molecule has 4 nitrogen and oxygen atoms in total. The average molecular weight is 499 g/mol. The third-order valence-corrected chi connectivity index (χ3v) is 6.62. The van der Waals surface area contributed by atoms with Gasteiger partial charge >= 0.3 is 6.18 Å². The SMILES string of the molecule is Cc1cc(C(=O)N2CCC(c3nc(-c4cccc(Br)c4)cs3)CC2)c(C(F)(F)F)o1. The molecule has 2 aromatic heterocycles. The highest BCUT2D eigenvalue weighted by atomic mass is 79.9. The number of halogens is 4. The molecule has 1 saturated heterocycles. The fourth-order valence-electron chi connectivity index (χ4n) is 3.64. The normalized spacial score (nSPS) is 15.6. The van der Waals surface area contributed by atoms with Gasteiger partial charge in [-0.2, -0.15) is 13.2 Å². The van der Waals surface area contributed by atoms with Crippen molar-refractivity contribution in [3.63, 3.8) is 0 Å². The van der Waals surface area contributed by atoms with Crippen molar-refractivity contribution in [1.82, 2.24) is 9.88 Å². The van der Waals surface area contributed by atoms with Gasteiger partial charge in [0.1, 0.15) is 5.76 Å². The topological polar surface area (TPSA) is 46.3 Å². The third-order valence-electron chi connectivity index (χ3n) is 5.12. The van der Waals surface area contributed by atoms with E-state index < -0.39 is 23.4 Å². The van der Waals surface area contributed by atoms with Crippen LogP contribution in [0.4, 0.5) is 13.2 Å². The molecule has 3 aromatic rings. The highest BCUT2D eigenvalue weighted by Crippen LogP contribution is 2.37. The summed E-state index contributed by atoms with van der Waals surface area (Å²) in [5, 5.41) is 3.01. The number of aromatic nitrogens is 1. The van der Waals surface area contributed by atoms with E-state index in [1.165, 1.54) is 17.9 Å². The monoisotopic (exact) mass is 498 g/mol. The van der Waals surface area contributed by atoms with E-state index in [0.717, 1.165) is 20.7 Å². The number of carbonyl (C=O) groups is 1. The lowest BCUT2D eigenvalue weighted by molar-refractivity contribution is -0.153. The van der Waals surface area contributed by atoms with Crippen LogP contribution in [-0.4, -0.2) is 28.9 Å². The molecule has 0 radical (unpaired) electrons. The summed E-state index contributed by atoms with van der Waals surface area (Å²) >= 11 is 5.04.